The molecule has 0 unspecified atom stereocenters. The summed E-state index contributed by atoms with van der Waals surface area (Å²) in [6, 6.07) is 30.0. The van der Waals surface area contributed by atoms with Crippen molar-refractivity contribution in [2.24, 2.45) is 0 Å². The Bertz CT molecular complexity index is 1670. The van der Waals surface area contributed by atoms with E-state index in [0.29, 0.717) is 35.6 Å². The summed E-state index contributed by atoms with van der Waals surface area (Å²) >= 11 is 0. The lowest BCUT2D eigenvalue weighted by Crippen LogP contribution is -2.30. The van der Waals surface area contributed by atoms with Crippen molar-refractivity contribution in [3.05, 3.63) is 120 Å². The Labute approximate surface area is 235 Å². The molecule has 0 aliphatic carbocycles. The molecule has 1 N–H and O–H groups in total. The normalized spacial score (nSPS) is 14.1. The van der Waals surface area contributed by atoms with Crippen molar-refractivity contribution in [1.82, 2.24) is 4.31 Å². The number of nitrogens with zero attached hydrogens (tertiary/aromatic N) is 2. The lowest BCUT2D eigenvalue weighted by atomic mass is 10.1. The van der Waals surface area contributed by atoms with E-state index in [2.05, 4.69) is 5.32 Å². The Morgan fingerprint density at radius 3 is 1.88 bits per heavy atom. The first-order valence-corrected chi connectivity index (χ1v) is 15.8. The van der Waals surface area contributed by atoms with Crippen LogP contribution in [0.5, 0.6) is 0 Å². The molecule has 40 heavy (non-hydrogen) atoms. The zero-order chi connectivity index (χ0) is 28.2. The number of hydrogen-bond donors (Lipinski definition) is 1. The molecule has 0 saturated carbocycles. The van der Waals surface area contributed by atoms with Gasteiger partial charge in [0.25, 0.3) is 15.9 Å². The minimum absolute atomic E-state index is 0.0795. The van der Waals surface area contributed by atoms with Crippen LogP contribution in [0.1, 0.15) is 28.8 Å². The second-order valence-electron chi connectivity index (χ2n) is 9.45. The van der Waals surface area contributed by atoms with Gasteiger partial charge >= 0.3 is 0 Å². The topological polar surface area (TPSA) is 104 Å². The summed E-state index contributed by atoms with van der Waals surface area (Å²) in [6.07, 6.45) is 1.72. The third kappa shape index (κ3) is 5.94. The minimum atomic E-state index is -3.83. The summed E-state index contributed by atoms with van der Waals surface area (Å²) < 4.78 is 55.3. The van der Waals surface area contributed by atoms with Gasteiger partial charge < -0.3 is 5.32 Å². The maximum Gasteiger partial charge on any atom is 0.264 e. The van der Waals surface area contributed by atoms with Gasteiger partial charge in [-0.25, -0.2) is 16.8 Å². The van der Waals surface area contributed by atoms with E-state index in [1.54, 1.807) is 91.0 Å². The monoisotopic (exact) mass is 575 g/mol. The average Bonchev–Trinajstić information content (AvgIpc) is 3.54. The van der Waals surface area contributed by atoms with Crippen molar-refractivity contribution < 1.29 is 21.6 Å². The summed E-state index contributed by atoms with van der Waals surface area (Å²) in [5.74, 6) is -0.362. The summed E-state index contributed by atoms with van der Waals surface area (Å²) in [5, 5.41) is 2.78. The molecule has 1 amide bonds. The van der Waals surface area contributed by atoms with Crippen molar-refractivity contribution in [1.29, 1.82) is 0 Å². The molecule has 5 rings (SSSR count). The molecule has 0 bridgehead atoms. The summed E-state index contributed by atoms with van der Waals surface area (Å²) in [7, 11) is -7.36. The van der Waals surface area contributed by atoms with E-state index in [0.717, 1.165) is 12.8 Å². The number of para-hydroxylation sites is 1. The van der Waals surface area contributed by atoms with Gasteiger partial charge in [0.1, 0.15) is 0 Å². The number of benzene rings is 4. The van der Waals surface area contributed by atoms with Gasteiger partial charge in [-0.15, -0.1) is 0 Å². The summed E-state index contributed by atoms with van der Waals surface area (Å²) in [6.45, 7) is 1.13. The molecule has 8 nitrogen and oxygen atoms in total. The molecule has 4 aromatic carbocycles. The van der Waals surface area contributed by atoms with Gasteiger partial charge in [0.15, 0.2) is 0 Å². The molecule has 0 radical (unpaired) electrons. The number of carbonyl (C=O) groups excluding carboxylic acids is 1. The highest BCUT2D eigenvalue weighted by molar-refractivity contribution is 7.92. The van der Waals surface area contributed by atoms with Crippen molar-refractivity contribution in [2.45, 2.75) is 29.2 Å². The van der Waals surface area contributed by atoms with Gasteiger partial charge in [0.05, 0.1) is 22.0 Å². The van der Waals surface area contributed by atoms with Gasteiger partial charge in [-0.2, -0.15) is 4.31 Å². The number of anilines is 2. The van der Waals surface area contributed by atoms with Crippen LogP contribution in [-0.2, 0) is 26.6 Å². The molecule has 1 fully saturated rings. The first kappa shape index (κ1) is 27.6. The standard InChI is InChI=1S/C30H29N3O5S2/c34-30(31-26-17-19-29(20-18-26)39(35,36)32-21-7-8-22-32)25-15-13-24(14-16-25)23-33(27-9-3-1-4-10-27)40(37,38)28-11-5-2-6-12-28/h1-6,9-20H,7-8,21-23H2,(H,31,34). The van der Waals surface area contributed by atoms with Crippen LogP contribution < -0.4 is 9.62 Å². The van der Waals surface area contributed by atoms with Gasteiger partial charge in [-0.05, 0) is 79.1 Å². The zero-order valence-corrected chi connectivity index (χ0v) is 23.3. The molecule has 4 aromatic rings. The lowest BCUT2D eigenvalue weighted by molar-refractivity contribution is 0.102. The SMILES string of the molecule is O=C(Nc1ccc(S(=O)(=O)N2CCCC2)cc1)c1ccc(CN(c2ccccc2)S(=O)(=O)c2ccccc2)cc1. The molecule has 0 spiro atoms. The molecular formula is C30H29N3O5S2. The number of nitrogens with one attached hydrogen (secondary N) is 1. The molecule has 10 heteroatoms. The average molecular weight is 576 g/mol. The second-order valence-corrected chi connectivity index (χ2v) is 13.2. The summed E-state index contributed by atoms with van der Waals surface area (Å²) in [5.41, 5.74) is 2.09. The van der Waals surface area contributed by atoms with E-state index in [1.165, 1.54) is 20.7 Å². The number of rotatable bonds is 9. The van der Waals surface area contributed by atoms with Crippen molar-refractivity contribution >= 4 is 37.3 Å². The minimum Gasteiger partial charge on any atom is -0.322 e. The van der Waals surface area contributed by atoms with Crippen LogP contribution in [0.15, 0.2) is 119 Å². The van der Waals surface area contributed by atoms with Crippen molar-refractivity contribution in [2.75, 3.05) is 22.7 Å². The smallest absolute Gasteiger partial charge is 0.264 e. The van der Waals surface area contributed by atoms with E-state index in [9.17, 15) is 21.6 Å². The van der Waals surface area contributed by atoms with Crippen LogP contribution in [-0.4, -0.2) is 40.1 Å². The third-order valence-electron chi connectivity index (χ3n) is 6.73. The predicted octanol–water partition coefficient (Wildman–Crippen LogP) is 5.12. The van der Waals surface area contributed by atoms with E-state index in [1.807, 2.05) is 6.07 Å². The molecular weight excluding hydrogens is 546 g/mol. The van der Waals surface area contributed by atoms with Crippen molar-refractivity contribution in [3.8, 4) is 0 Å². The third-order valence-corrected chi connectivity index (χ3v) is 10.4. The highest BCUT2D eigenvalue weighted by Crippen LogP contribution is 2.26. The molecule has 0 aromatic heterocycles. The van der Waals surface area contributed by atoms with Crippen LogP contribution >= 0.6 is 0 Å². The molecule has 0 atom stereocenters. The van der Waals surface area contributed by atoms with Crippen LogP contribution in [0.3, 0.4) is 0 Å². The van der Waals surface area contributed by atoms with Crippen LogP contribution in [0.4, 0.5) is 11.4 Å². The van der Waals surface area contributed by atoms with Gasteiger partial charge in [0, 0.05) is 24.3 Å². The van der Waals surface area contributed by atoms with E-state index < -0.39 is 20.0 Å². The van der Waals surface area contributed by atoms with Crippen LogP contribution in [0.25, 0.3) is 0 Å². The fourth-order valence-electron chi connectivity index (χ4n) is 4.55. The maximum atomic E-state index is 13.5. The first-order valence-electron chi connectivity index (χ1n) is 12.9. The number of sulfonamides is 2. The van der Waals surface area contributed by atoms with E-state index >= 15 is 0 Å². The molecule has 1 saturated heterocycles. The Hall–Kier alpha value is -3.99. The van der Waals surface area contributed by atoms with Crippen molar-refractivity contribution in [3.63, 3.8) is 0 Å². The van der Waals surface area contributed by atoms with Crippen LogP contribution in [0.2, 0.25) is 0 Å². The Morgan fingerprint density at radius 2 is 1.27 bits per heavy atom. The highest BCUT2D eigenvalue weighted by atomic mass is 32.2. The molecule has 1 aliphatic heterocycles. The van der Waals surface area contributed by atoms with E-state index in [4.69, 9.17) is 0 Å². The highest BCUT2D eigenvalue weighted by Gasteiger charge is 2.27. The Balaban J connectivity index is 1.30. The predicted molar refractivity (Wildman–Crippen MR) is 155 cm³/mol. The fraction of sp³-hybridized carbons (Fsp3) is 0.167. The number of amides is 1. The zero-order valence-electron chi connectivity index (χ0n) is 21.7. The fourth-order valence-corrected chi connectivity index (χ4v) is 7.54. The van der Waals surface area contributed by atoms with Gasteiger partial charge in [0.2, 0.25) is 10.0 Å². The molecule has 206 valence electrons. The maximum absolute atomic E-state index is 13.5. The van der Waals surface area contributed by atoms with Gasteiger partial charge in [-0.3, -0.25) is 9.10 Å². The molecule has 1 aliphatic rings. The first-order chi connectivity index (χ1) is 19.2. The number of hydrogen-bond acceptors (Lipinski definition) is 5. The van der Waals surface area contributed by atoms with Gasteiger partial charge in [-0.1, -0.05) is 48.5 Å². The second kappa shape index (κ2) is 11.6. The van der Waals surface area contributed by atoms with E-state index in [-0.39, 0.29) is 22.2 Å². The lowest BCUT2D eigenvalue weighted by Gasteiger charge is -2.25. The quantitative estimate of drug-likeness (QED) is 0.298. The molecule has 1 heterocycles. The Kier molecular flexibility index (Phi) is 8.02. The number of carbonyl (C=O) groups is 1. The largest absolute Gasteiger partial charge is 0.322 e. The summed E-state index contributed by atoms with van der Waals surface area (Å²) in [4.78, 5) is 13.2. The van der Waals surface area contributed by atoms with Crippen LogP contribution in [0, 0.1) is 0 Å². The Morgan fingerprint density at radius 1 is 0.700 bits per heavy atom.